The third-order valence-corrected chi connectivity index (χ3v) is 5.78. The maximum absolute atomic E-state index is 12.8. The summed E-state index contributed by atoms with van der Waals surface area (Å²) in [5, 5.41) is 8.65. The van der Waals surface area contributed by atoms with Gasteiger partial charge in [0.2, 0.25) is 0 Å². The Labute approximate surface area is 151 Å². The summed E-state index contributed by atoms with van der Waals surface area (Å²) in [6, 6.07) is 1.91. The maximum atomic E-state index is 12.8. The van der Waals surface area contributed by atoms with E-state index < -0.39 is 0 Å². The van der Waals surface area contributed by atoms with Crippen molar-refractivity contribution in [1.29, 1.82) is 0 Å². The number of thiophene rings is 1. The number of nitrogens with zero attached hydrogens (tertiary/aromatic N) is 2. The summed E-state index contributed by atoms with van der Waals surface area (Å²) in [6.07, 6.45) is 16.1. The highest BCUT2D eigenvalue weighted by Gasteiger charge is 2.21. The minimum absolute atomic E-state index is 0.0355. The number of ether oxygens (including phenoxy) is 1. The van der Waals surface area contributed by atoms with Gasteiger partial charge in [-0.15, -0.1) is 11.3 Å². The number of H-pyrrole nitrogens is 1. The lowest BCUT2D eigenvalue weighted by Crippen LogP contribution is -2.23. The van der Waals surface area contributed by atoms with Gasteiger partial charge in [-0.3, -0.25) is 14.8 Å². The van der Waals surface area contributed by atoms with Crippen molar-refractivity contribution >= 4 is 17.2 Å². The molecule has 2 aromatic rings. The number of aromatic nitrogens is 2. The van der Waals surface area contributed by atoms with Crippen LogP contribution in [0.3, 0.4) is 0 Å². The third-order valence-electron chi connectivity index (χ3n) is 4.80. The first-order chi connectivity index (χ1) is 12.3. The predicted molar refractivity (Wildman–Crippen MR) is 97.6 cm³/mol. The Kier molecular flexibility index (Phi) is 4.70. The molecule has 0 saturated heterocycles. The first-order valence-corrected chi connectivity index (χ1v) is 9.62. The molecule has 0 aromatic carbocycles. The standard InChI is InChI=1S/C19H21N3O2S/c23-19(15-9-18(25-13-15)16-10-20-21-11-16)22-6-7-24-17(12-22)8-14-4-2-1-3-5-14/h6-7,9-14H,1-5,8H2,(H,20,21). The van der Waals surface area contributed by atoms with Crippen molar-refractivity contribution in [3.8, 4) is 10.4 Å². The molecule has 0 spiro atoms. The fourth-order valence-corrected chi connectivity index (χ4v) is 4.31. The quantitative estimate of drug-likeness (QED) is 0.849. The molecule has 0 atom stereocenters. The van der Waals surface area contributed by atoms with Crippen molar-refractivity contribution in [1.82, 2.24) is 15.1 Å². The summed E-state index contributed by atoms with van der Waals surface area (Å²) < 4.78 is 5.64. The first-order valence-electron chi connectivity index (χ1n) is 8.74. The number of aromatic amines is 1. The fourth-order valence-electron chi connectivity index (χ4n) is 3.45. The SMILES string of the molecule is O=C(c1csc(-c2cn[nH]c2)c1)N1C=COC(CC2CCCCC2)=C1. The number of hydrogen-bond donors (Lipinski definition) is 1. The lowest BCUT2D eigenvalue weighted by Gasteiger charge is -2.25. The molecule has 2 aromatic heterocycles. The van der Waals surface area contributed by atoms with Crippen molar-refractivity contribution in [2.24, 2.45) is 5.92 Å². The Morgan fingerprint density at radius 1 is 1.36 bits per heavy atom. The number of amides is 1. The largest absolute Gasteiger partial charge is 0.466 e. The van der Waals surface area contributed by atoms with Crippen LogP contribution in [0.15, 0.2) is 48.3 Å². The molecule has 1 aliphatic heterocycles. The molecule has 1 aliphatic carbocycles. The highest BCUT2D eigenvalue weighted by molar-refractivity contribution is 7.13. The second-order valence-electron chi connectivity index (χ2n) is 6.61. The van der Waals surface area contributed by atoms with Gasteiger partial charge in [-0.25, -0.2) is 0 Å². The van der Waals surface area contributed by atoms with E-state index >= 15 is 0 Å². The molecule has 5 nitrogen and oxygen atoms in total. The number of carbonyl (C=O) groups is 1. The van der Waals surface area contributed by atoms with E-state index in [0.29, 0.717) is 11.5 Å². The van der Waals surface area contributed by atoms with Crippen LogP contribution in [0.4, 0.5) is 0 Å². The molecule has 3 heterocycles. The van der Waals surface area contributed by atoms with Crippen LogP contribution in [0.25, 0.3) is 10.4 Å². The van der Waals surface area contributed by atoms with Crippen LogP contribution >= 0.6 is 11.3 Å². The van der Waals surface area contributed by atoms with Gasteiger partial charge in [-0.1, -0.05) is 32.1 Å². The monoisotopic (exact) mass is 355 g/mol. The lowest BCUT2D eigenvalue weighted by molar-refractivity contribution is 0.0852. The molecule has 0 radical (unpaired) electrons. The zero-order chi connectivity index (χ0) is 17.1. The van der Waals surface area contributed by atoms with E-state index in [9.17, 15) is 4.79 Å². The van der Waals surface area contributed by atoms with Crippen LogP contribution in [-0.2, 0) is 4.74 Å². The van der Waals surface area contributed by atoms with E-state index in [1.54, 1.807) is 34.9 Å². The van der Waals surface area contributed by atoms with Crippen LogP contribution in [0.5, 0.6) is 0 Å². The van der Waals surface area contributed by atoms with E-state index in [1.807, 2.05) is 23.8 Å². The van der Waals surface area contributed by atoms with Crippen LogP contribution in [0.2, 0.25) is 0 Å². The molecule has 4 rings (SSSR count). The van der Waals surface area contributed by atoms with Gasteiger partial charge in [0.25, 0.3) is 5.91 Å². The highest BCUT2D eigenvalue weighted by Crippen LogP contribution is 2.31. The summed E-state index contributed by atoms with van der Waals surface area (Å²) in [6.45, 7) is 0. The summed E-state index contributed by atoms with van der Waals surface area (Å²) >= 11 is 1.55. The fraction of sp³-hybridized carbons (Fsp3) is 0.368. The van der Waals surface area contributed by atoms with E-state index in [1.165, 1.54) is 32.1 Å². The highest BCUT2D eigenvalue weighted by atomic mass is 32.1. The zero-order valence-electron chi connectivity index (χ0n) is 14.0. The van der Waals surface area contributed by atoms with Crippen molar-refractivity contribution in [2.45, 2.75) is 38.5 Å². The zero-order valence-corrected chi connectivity index (χ0v) is 14.8. The molecule has 25 heavy (non-hydrogen) atoms. The smallest absolute Gasteiger partial charge is 0.262 e. The Hall–Kier alpha value is -2.34. The minimum atomic E-state index is -0.0355. The van der Waals surface area contributed by atoms with Crippen LogP contribution in [0.1, 0.15) is 48.9 Å². The second kappa shape index (κ2) is 7.27. The van der Waals surface area contributed by atoms with Gasteiger partial charge in [0.1, 0.15) is 12.0 Å². The van der Waals surface area contributed by atoms with Gasteiger partial charge in [-0.05, 0) is 12.0 Å². The maximum Gasteiger partial charge on any atom is 0.262 e. The molecular formula is C19H21N3O2S. The Balaban J connectivity index is 1.45. The molecule has 130 valence electrons. The van der Waals surface area contributed by atoms with Gasteiger partial charge in [-0.2, -0.15) is 5.10 Å². The number of nitrogens with one attached hydrogen (secondary N) is 1. The predicted octanol–water partition coefficient (Wildman–Crippen LogP) is 4.89. The minimum Gasteiger partial charge on any atom is -0.466 e. The Bertz CT molecular complexity index is 785. The summed E-state index contributed by atoms with van der Waals surface area (Å²) in [4.78, 5) is 15.4. The molecule has 1 amide bonds. The van der Waals surface area contributed by atoms with Crippen molar-refractivity contribution in [3.63, 3.8) is 0 Å². The van der Waals surface area contributed by atoms with Crippen molar-refractivity contribution < 1.29 is 9.53 Å². The van der Waals surface area contributed by atoms with Gasteiger partial charge in [0, 0.05) is 34.6 Å². The molecule has 2 aliphatic rings. The number of allylic oxidation sites excluding steroid dienone is 1. The van der Waals surface area contributed by atoms with E-state index in [0.717, 1.165) is 22.6 Å². The first kappa shape index (κ1) is 16.1. The molecule has 6 heteroatoms. The third kappa shape index (κ3) is 3.69. The van der Waals surface area contributed by atoms with Crippen LogP contribution in [-0.4, -0.2) is 21.0 Å². The van der Waals surface area contributed by atoms with E-state index in [-0.39, 0.29) is 5.91 Å². The average molecular weight is 355 g/mol. The second-order valence-corrected chi connectivity index (χ2v) is 7.52. The molecule has 0 bridgehead atoms. The molecule has 1 N–H and O–H groups in total. The molecule has 1 fully saturated rings. The van der Waals surface area contributed by atoms with Gasteiger partial charge >= 0.3 is 0 Å². The van der Waals surface area contributed by atoms with Gasteiger partial charge < -0.3 is 4.74 Å². The lowest BCUT2D eigenvalue weighted by atomic mass is 9.86. The topological polar surface area (TPSA) is 58.2 Å². The van der Waals surface area contributed by atoms with E-state index in [4.69, 9.17) is 4.74 Å². The van der Waals surface area contributed by atoms with Crippen molar-refractivity contribution in [2.75, 3.05) is 0 Å². The van der Waals surface area contributed by atoms with Gasteiger partial charge in [0.05, 0.1) is 18.0 Å². The van der Waals surface area contributed by atoms with E-state index in [2.05, 4.69) is 10.2 Å². The molecule has 0 unspecified atom stereocenters. The van der Waals surface area contributed by atoms with Gasteiger partial charge in [0.15, 0.2) is 0 Å². The average Bonchev–Trinajstić information content (AvgIpc) is 3.34. The Morgan fingerprint density at radius 3 is 3.04 bits per heavy atom. The summed E-state index contributed by atoms with van der Waals surface area (Å²) in [5.74, 6) is 1.53. The Morgan fingerprint density at radius 2 is 2.24 bits per heavy atom. The summed E-state index contributed by atoms with van der Waals surface area (Å²) in [5.41, 5.74) is 1.68. The number of hydrogen-bond acceptors (Lipinski definition) is 4. The van der Waals surface area contributed by atoms with Crippen LogP contribution < -0.4 is 0 Å². The molecule has 1 saturated carbocycles. The number of rotatable bonds is 4. The summed E-state index contributed by atoms with van der Waals surface area (Å²) in [7, 11) is 0. The normalized spacial score (nSPS) is 18.1. The molecular weight excluding hydrogens is 334 g/mol. The van der Waals surface area contributed by atoms with Crippen molar-refractivity contribution in [3.05, 3.63) is 53.8 Å². The number of carbonyl (C=O) groups excluding carboxylic acids is 1. The van der Waals surface area contributed by atoms with Crippen LogP contribution in [0, 0.1) is 5.92 Å².